The van der Waals surface area contributed by atoms with Crippen molar-refractivity contribution in [3.8, 4) is 12.3 Å². The monoisotopic (exact) mass is 188 g/mol. The van der Waals surface area contributed by atoms with Gasteiger partial charge in [0.2, 0.25) is 0 Å². The average Bonchev–Trinajstić information content (AvgIpc) is 2.31. The molecule has 0 spiro atoms. The van der Waals surface area contributed by atoms with Crippen LogP contribution in [-0.2, 0) is 10.3 Å². The summed E-state index contributed by atoms with van der Waals surface area (Å²) in [4.78, 5) is 0. The molecule has 1 atom stereocenters. The third-order valence-corrected chi connectivity index (χ3v) is 2.03. The molecule has 1 aromatic carbocycles. The third-order valence-electron chi connectivity index (χ3n) is 2.03. The maximum Gasteiger partial charge on any atom is 0.151 e. The van der Waals surface area contributed by atoms with Crippen molar-refractivity contribution >= 4 is 0 Å². The van der Waals surface area contributed by atoms with Gasteiger partial charge in [-0.3, -0.25) is 0 Å². The van der Waals surface area contributed by atoms with Crippen LogP contribution in [-0.4, -0.2) is 6.61 Å². The Kier molecular flexibility index (Phi) is 2.60. The first-order chi connectivity index (χ1) is 7.73. The molecule has 0 aliphatic rings. The van der Waals surface area contributed by atoms with Gasteiger partial charge in [0.1, 0.15) is 1.37 Å². The molecule has 0 amide bonds. The quantitative estimate of drug-likeness (QED) is 0.521. The topological polar surface area (TPSA) is 9.23 Å². The first-order valence-electron chi connectivity index (χ1n) is 5.47. The molecule has 0 saturated carbocycles. The predicted octanol–water partition coefficient (Wildman–Crippen LogP) is 2.74. The lowest BCUT2D eigenvalue weighted by molar-refractivity contribution is 0.0290. The summed E-state index contributed by atoms with van der Waals surface area (Å²) in [5, 5.41) is 0. The van der Waals surface area contributed by atoms with Crippen LogP contribution in [0.1, 0.15) is 15.2 Å². The minimum Gasteiger partial charge on any atom is -0.354 e. The first kappa shape index (κ1) is 7.84. The van der Waals surface area contributed by atoms with Gasteiger partial charge >= 0.3 is 0 Å². The Hall–Kier alpha value is -1.52. The average molecular weight is 188 g/mol. The van der Waals surface area contributed by atoms with Gasteiger partial charge in [-0.25, -0.2) is 0 Å². The highest BCUT2D eigenvalue weighted by molar-refractivity contribution is 5.29. The number of hydrogen-bond donors (Lipinski definition) is 0. The molecule has 0 N–H and O–H groups in total. The van der Waals surface area contributed by atoms with Gasteiger partial charge in [0, 0.05) is 0 Å². The van der Waals surface area contributed by atoms with Crippen LogP contribution in [0.25, 0.3) is 0 Å². The van der Waals surface area contributed by atoms with Gasteiger partial charge in [0.15, 0.2) is 5.60 Å². The van der Waals surface area contributed by atoms with Crippen molar-refractivity contribution < 1.29 is 7.48 Å². The smallest absolute Gasteiger partial charge is 0.151 e. The minimum absolute atomic E-state index is 0.309. The highest BCUT2D eigenvalue weighted by Crippen LogP contribution is 2.23. The lowest BCUT2D eigenvalue weighted by Gasteiger charge is -2.23. The van der Waals surface area contributed by atoms with Crippen molar-refractivity contribution in [1.82, 2.24) is 0 Å². The SMILES string of the molecule is [2H]C#CC(C)(OCC=C[2H])c1ccccc1. The molecule has 0 heterocycles. The molecule has 0 aliphatic carbocycles. The van der Waals surface area contributed by atoms with Gasteiger partial charge in [0.25, 0.3) is 0 Å². The largest absolute Gasteiger partial charge is 0.354 e. The molecule has 0 fully saturated rings. The summed E-state index contributed by atoms with van der Waals surface area (Å²) in [6.45, 7) is 3.31. The predicted molar refractivity (Wildman–Crippen MR) is 58.8 cm³/mol. The molecule has 0 saturated heterocycles. The maximum atomic E-state index is 6.99. The van der Waals surface area contributed by atoms with Gasteiger partial charge in [-0.1, -0.05) is 42.3 Å². The fraction of sp³-hybridized carbons (Fsp3) is 0.231. The molecule has 72 valence electrons. The van der Waals surface area contributed by atoms with Gasteiger partial charge in [0.05, 0.1) is 7.98 Å². The highest BCUT2D eigenvalue weighted by Gasteiger charge is 2.23. The molecular weight excluding hydrogens is 172 g/mol. The molecule has 0 aliphatic heterocycles. The summed E-state index contributed by atoms with van der Waals surface area (Å²) >= 11 is 0. The van der Waals surface area contributed by atoms with Crippen molar-refractivity contribution in [2.24, 2.45) is 0 Å². The van der Waals surface area contributed by atoms with E-state index in [-0.39, 0.29) is 0 Å². The van der Waals surface area contributed by atoms with Gasteiger partial charge in [-0.2, -0.15) is 0 Å². The van der Waals surface area contributed by atoms with Crippen LogP contribution in [0.2, 0.25) is 0 Å². The maximum absolute atomic E-state index is 6.99. The van der Waals surface area contributed by atoms with E-state index in [9.17, 15) is 0 Å². The van der Waals surface area contributed by atoms with Crippen LogP contribution in [0.15, 0.2) is 43.0 Å². The van der Waals surface area contributed by atoms with E-state index in [0.717, 1.165) is 5.56 Å². The van der Waals surface area contributed by atoms with E-state index < -0.39 is 5.60 Å². The van der Waals surface area contributed by atoms with Gasteiger partial charge in [-0.15, -0.1) is 13.0 Å². The van der Waals surface area contributed by atoms with Crippen LogP contribution < -0.4 is 0 Å². The molecular formula is C13H14O. The molecule has 1 rings (SSSR count). The van der Waals surface area contributed by atoms with Crippen molar-refractivity contribution in [2.75, 3.05) is 6.61 Å². The van der Waals surface area contributed by atoms with Gasteiger partial charge in [-0.05, 0) is 12.5 Å². The molecule has 14 heavy (non-hydrogen) atoms. The normalized spacial score (nSPS) is 16.4. The van der Waals surface area contributed by atoms with Gasteiger partial charge < -0.3 is 4.74 Å². The Morgan fingerprint density at radius 3 is 3.14 bits per heavy atom. The van der Waals surface area contributed by atoms with Crippen molar-refractivity contribution in [2.45, 2.75) is 12.5 Å². The number of rotatable bonds is 4. The Labute approximate surface area is 88.2 Å². The Bertz CT molecular complexity index is 403. The molecule has 0 radical (unpaired) electrons. The second kappa shape index (κ2) is 4.64. The van der Waals surface area contributed by atoms with Crippen LogP contribution in [0.5, 0.6) is 0 Å². The van der Waals surface area contributed by atoms with E-state index in [1.807, 2.05) is 37.3 Å². The summed E-state index contributed by atoms with van der Waals surface area (Å²) < 4.78 is 19.5. The Morgan fingerprint density at radius 2 is 2.50 bits per heavy atom. The molecule has 0 bridgehead atoms. The van der Waals surface area contributed by atoms with Crippen LogP contribution in [0.3, 0.4) is 0 Å². The summed E-state index contributed by atoms with van der Waals surface area (Å²) in [7, 11) is 0. The van der Waals surface area contributed by atoms with Crippen molar-refractivity contribution in [3.05, 3.63) is 48.5 Å². The minimum atomic E-state index is -0.789. The van der Waals surface area contributed by atoms with E-state index >= 15 is 0 Å². The molecule has 0 aromatic heterocycles. The molecule has 1 unspecified atom stereocenters. The van der Waals surface area contributed by atoms with Crippen LogP contribution >= 0.6 is 0 Å². The zero-order valence-corrected chi connectivity index (χ0v) is 8.16. The first-order valence-corrected chi connectivity index (χ1v) is 4.40. The Morgan fingerprint density at radius 1 is 1.71 bits per heavy atom. The van der Waals surface area contributed by atoms with E-state index in [0.29, 0.717) is 6.61 Å². The number of benzene rings is 1. The summed E-state index contributed by atoms with van der Waals surface area (Å²) in [6, 6.07) is 9.55. The number of terminal acetylenes is 1. The molecule has 1 aromatic rings. The summed E-state index contributed by atoms with van der Waals surface area (Å²) in [5.74, 6) is 2.73. The second-order valence-corrected chi connectivity index (χ2v) is 3.07. The Balaban J connectivity index is 2.91. The van der Waals surface area contributed by atoms with Crippen molar-refractivity contribution in [3.63, 3.8) is 0 Å². The van der Waals surface area contributed by atoms with E-state index in [1.54, 1.807) is 6.08 Å². The standard InChI is InChI=1S/C13H14O/c1-4-11-14-13(3,5-2)12-9-7-6-8-10-12/h2,4,6-10H,1,11H2,3H3/i1D,2D. The number of ether oxygens (including phenoxy) is 1. The van der Waals surface area contributed by atoms with Crippen molar-refractivity contribution in [1.29, 1.82) is 0 Å². The van der Waals surface area contributed by atoms with Crippen LogP contribution in [0.4, 0.5) is 0 Å². The van der Waals surface area contributed by atoms with Crippen LogP contribution in [0, 0.1) is 12.3 Å². The third kappa shape index (κ3) is 2.25. The highest BCUT2D eigenvalue weighted by atomic mass is 16.5. The fourth-order valence-electron chi connectivity index (χ4n) is 1.16. The fourth-order valence-corrected chi connectivity index (χ4v) is 1.16. The zero-order valence-electron chi connectivity index (χ0n) is 10.2. The van der Waals surface area contributed by atoms with E-state index in [4.69, 9.17) is 7.48 Å². The number of hydrogen-bond acceptors (Lipinski definition) is 1. The lowest BCUT2D eigenvalue weighted by atomic mass is 9.97. The zero-order chi connectivity index (χ0) is 11.9. The molecule has 1 heteroatoms. The summed E-state index contributed by atoms with van der Waals surface area (Å²) in [5.41, 5.74) is 0.121. The second-order valence-electron chi connectivity index (χ2n) is 3.07. The van der Waals surface area contributed by atoms with E-state index in [2.05, 4.69) is 12.3 Å². The summed E-state index contributed by atoms with van der Waals surface area (Å²) in [6.07, 6.45) is 3.73. The molecule has 1 nitrogen and oxygen atoms in total. The van der Waals surface area contributed by atoms with E-state index in [1.165, 1.54) is 6.55 Å². The lowest BCUT2D eigenvalue weighted by Crippen LogP contribution is -2.23.